The summed E-state index contributed by atoms with van der Waals surface area (Å²) in [4.78, 5) is 12.4. The third kappa shape index (κ3) is 4.92. The van der Waals surface area contributed by atoms with Gasteiger partial charge in [0, 0.05) is 5.71 Å². The number of rotatable bonds is 6. The Labute approximate surface area is 154 Å². The number of hydrogen-bond donors (Lipinski definition) is 1. The third-order valence-electron chi connectivity index (χ3n) is 3.59. The Morgan fingerprint density at radius 1 is 1.04 bits per heavy atom. The lowest BCUT2D eigenvalue weighted by molar-refractivity contribution is -0.119. The maximum absolute atomic E-state index is 13.1. The molecule has 0 radical (unpaired) electrons. The van der Waals surface area contributed by atoms with Crippen LogP contribution in [0.15, 0.2) is 58.5 Å². The predicted octanol–water partition coefficient (Wildman–Crippen LogP) is 3.01. The van der Waals surface area contributed by atoms with E-state index in [-0.39, 0.29) is 11.4 Å². The fourth-order valence-corrected chi connectivity index (χ4v) is 3.69. The molecule has 138 valence electrons. The summed E-state index contributed by atoms with van der Waals surface area (Å²) in [6.45, 7) is 6.86. The second kappa shape index (κ2) is 8.14. The van der Waals surface area contributed by atoms with Gasteiger partial charge in [0.25, 0.3) is 15.9 Å². The molecule has 0 heterocycles. The van der Waals surface area contributed by atoms with E-state index in [0.717, 1.165) is 15.4 Å². The molecule has 0 saturated heterocycles. The lowest BCUT2D eigenvalue weighted by atomic mass is 10.2. The number of sulfonamides is 1. The van der Waals surface area contributed by atoms with E-state index in [1.807, 2.05) is 19.9 Å². The lowest BCUT2D eigenvalue weighted by Crippen LogP contribution is -2.39. The van der Waals surface area contributed by atoms with Crippen molar-refractivity contribution in [2.24, 2.45) is 5.10 Å². The average molecular weight is 373 g/mol. The molecule has 0 aromatic heterocycles. The number of nitrogens with one attached hydrogen (secondary N) is 1. The summed E-state index contributed by atoms with van der Waals surface area (Å²) in [5.41, 5.74) is 5.32. The Kier molecular flexibility index (Phi) is 6.15. The smallest absolute Gasteiger partial charge is 0.264 e. The summed E-state index contributed by atoms with van der Waals surface area (Å²) in [5.74, 6) is -0.511. The van der Waals surface area contributed by atoms with Crippen molar-refractivity contribution in [2.45, 2.75) is 32.6 Å². The fraction of sp³-hybridized carbons (Fsp3) is 0.263. The Morgan fingerprint density at radius 3 is 2.27 bits per heavy atom. The van der Waals surface area contributed by atoms with E-state index < -0.39 is 15.9 Å². The Hall–Kier alpha value is -2.67. The molecule has 0 aliphatic rings. The molecule has 1 N–H and O–H groups in total. The molecule has 7 heteroatoms. The topological polar surface area (TPSA) is 78.8 Å². The number of benzene rings is 2. The summed E-state index contributed by atoms with van der Waals surface area (Å²) in [6.07, 6.45) is 0. The average Bonchev–Trinajstić information content (AvgIpc) is 2.58. The summed E-state index contributed by atoms with van der Waals surface area (Å²) >= 11 is 0. The molecule has 1 amide bonds. The van der Waals surface area contributed by atoms with Gasteiger partial charge in [-0.3, -0.25) is 9.10 Å². The van der Waals surface area contributed by atoms with Crippen molar-refractivity contribution >= 4 is 27.3 Å². The Bertz CT molecular complexity index is 915. The van der Waals surface area contributed by atoms with Gasteiger partial charge in [0.05, 0.1) is 10.6 Å². The number of aryl methyl sites for hydroxylation is 2. The number of amides is 1. The highest BCUT2D eigenvalue weighted by atomic mass is 32.2. The van der Waals surface area contributed by atoms with Crippen LogP contribution in [0.2, 0.25) is 0 Å². The SMILES string of the molecule is CC(C)=NNC(=O)CN(c1cccc(C)c1)S(=O)(=O)c1ccc(C)cc1. The molecule has 2 aromatic rings. The molecule has 0 aliphatic carbocycles. The van der Waals surface area contributed by atoms with Crippen molar-refractivity contribution in [2.75, 3.05) is 10.8 Å². The second-order valence-electron chi connectivity index (χ2n) is 6.26. The highest BCUT2D eigenvalue weighted by molar-refractivity contribution is 7.92. The van der Waals surface area contributed by atoms with E-state index in [1.54, 1.807) is 56.3 Å². The summed E-state index contributed by atoms with van der Waals surface area (Å²) < 4.78 is 27.4. The molecule has 2 rings (SSSR count). The summed E-state index contributed by atoms with van der Waals surface area (Å²) in [7, 11) is -3.90. The first-order chi connectivity index (χ1) is 12.2. The monoisotopic (exact) mass is 373 g/mol. The molecular formula is C19H23N3O3S. The van der Waals surface area contributed by atoms with E-state index >= 15 is 0 Å². The van der Waals surface area contributed by atoms with Crippen LogP contribution in [0.5, 0.6) is 0 Å². The number of carbonyl (C=O) groups is 1. The van der Waals surface area contributed by atoms with Gasteiger partial charge in [0.2, 0.25) is 0 Å². The minimum absolute atomic E-state index is 0.132. The molecular weight excluding hydrogens is 350 g/mol. The largest absolute Gasteiger partial charge is 0.271 e. The van der Waals surface area contributed by atoms with Gasteiger partial charge in [0.15, 0.2) is 0 Å². The Morgan fingerprint density at radius 2 is 1.69 bits per heavy atom. The number of carbonyl (C=O) groups excluding carboxylic acids is 1. The summed E-state index contributed by atoms with van der Waals surface area (Å²) in [5, 5.41) is 3.85. The van der Waals surface area contributed by atoms with E-state index in [1.165, 1.54) is 0 Å². The van der Waals surface area contributed by atoms with Gasteiger partial charge >= 0.3 is 0 Å². The van der Waals surface area contributed by atoms with Crippen LogP contribution in [0.3, 0.4) is 0 Å². The number of hydrogen-bond acceptors (Lipinski definition) is 4. The van der Waals surface area contributed by atoms with Crippen LogP contribution in [0.4, 0.5) is 5.69 Å². The van der Waals surface area contributed by atoms with Crippen LogP contribution < -0.4 is 9.73 Å². The molecule has 0 spiro atoms. The lowest BCUT2D eigenvalue weighted by Gasteiger charge is -2.24. The van der Waals surface area contributed by atoms with Crippen molar-refractivity contribution in [3.05, 3.63) is 59.7 Å². The van der Waals surface area contributed by atoms with E-state index in [9.17, 15) is 13.2 Å². The van der Waals surface area contributed by atoms with E-state index in [2.05, 4.69) is 10.5 Å². The first-order valence-electron chi connectivity index (χ1n) is 8.16. The van der Waals surface area contributed by atoms with Crippen LogP contribution in [-0.4, -0.2) is 26.6 Å². The molecule has 0 saturated carbocycles. The second-order valence-corrected chi connectivity index (χ2v) is 8.12. The molecule has 0 aliphatic heterocycles. The van der Waals surface area contributed by atoms with Gasteiger partial charge in [-0.1, -0.05) is 29.8 Å². The minimum Gasteiger partial charge on any atom is -0.271 e. The summed E-state index contributed by atoms with van der Waals surface area (Å²) in [6, 6.07) is 13.6. The minimum atomic E-state index is -3.90. The Balaban J connectivity index is 2.44. The van der Waals surface area contributed by atoms with Gasteiger partial charge in [-0.15, -0.1) is 0 Å². The zero-order chi connectivity index (χ0) is 19.3. The van der Waals surface area contributed by atoms with Crippen LogP contribution in [0.25, 0.3) is 0 Å². The first-order valence-corrected chi connectivity index (χ1v) is 9.60. The van der Waals surface area contributed by atoms with Crippen molar-refractivity contribution in [3.63, 3.8) is 0 Å². The maximum atomic E-state index is 13.1. The molecule has 0 atom stereocenters. The normalized spacial score (nSPS) is 10.9. The van der Waals surface area contributed by atoms with Crippen molar-refractivity contribution < 1.29 is 13.2 Å². The molecule has 0 unspecified atom stereocenters. The highest BCUT2D eigenvalue weighted by Crippen LogP contribution is 2.24. The van der Waals surface area contributed by atoms with Crippen LogP contribution >= 0.6 is 0 Å². The number of nitrogens with zero attached hydrogens (tertiary/aromatic N) is 2. The highest BCUT2D eigenvalue weighted by Gasteiger charge is 2.27. The van der Waals surface area contributed by atoms with Crippen LogP contribution in [0.1, 0.15) is 25.0 Å². The number of anilines is 1. The molecule has 26 heavy (non-hydrogen) atoms. The third-order valence-corrected chi connectivity index (χ3v) is 5.38. The maximum Gasteiger partial charge on any atom is 0.264 e. The molecule has 0 bridgehead atoms. The van der Waals surface area contributed by atoms with Gasteiger partial charge in [-0.05, 0) is 57.5 Å². The quantitative estimate of drug-likeness (QED) is 0.624. The number of hydrazone groups is 1. The molecule has 0 fully saturated rings. The predicted molar refractivity (Wildman–Crippen MR) is 104 cm³/mol. The van der Waals surface area contributed by atoms with Gasteiger partial charge < -0.3 is 0 Å². The van der Waals surface area contributed by atoms with Crippen LogP contribution in [0, 0.1) is 13.8 Å². The van der Waals surface area contributed by atoms with E-state index in [4.69, 9.17) is 0 Å². The van der Waals surface area contributed by atoms with Crippen molar-refractivity contribution in [1.29, 1.82) is 0 Å². The van der Waals surface area contributed by atoms with Gasteiger partial charge in [0.1, 0.15) is 6.54 Å². The zero-order valence-corrected chi connectivity index (χ0v) is 16.2. The fourth-order valence-electron chi connectivity index (χ4n) is 2.28. The van der Waals surface area contributed by atoms with Crippen LogP contribution in [-0.2, 0) is 14.8 Å². The van der Waals surface area contributed by atoms with Crippen molar-refractivity contribution in [3.8, 4) is 0 Å². The molecule has 2 aromatic carbocycles. The standard InChI is InChI=1S/C19H23N3O3S/c1-14(2)20-21-19(23)13-22(17-7-5-6-16(4)12-17)26(24,25)18-10-8-15(3)9-11-18/h5-12H,13H2,1-4H3,(H,21,23). The van der Waals surface area contributed by atoms with Crippen molar-refractivity contribution in [1.82, 2.24) is 5.43 Å². The zero-order valence-electron chi connectivity index (χ0n) is 15.4. The molecule has 6 nitrogen and oxygen atoms in total. The van der Waals surface area contributed by atoms with Gasteiger partial charge in [-0.2, -0.15) is 5.10 Å². The first kappa shape index (κ1) is 19.7. The van der Waals surface area contributed by atoms with E-state index in [0.29, 0.717) is 11.4 Å². The van der Waals surface area contributed by atoms with Gasteiger partial charge in [-0.25, -0.2) is 13.8 Å².